The Morgan fingerprint density at radius 3 is 2.74 bits per heavy atom. The number of carbonyl (C=O) groups excluding carboxylic acids is 1. The Bertz CT molecular complexity index is 1040. The van der Waals surface area contributed by atoms with Gasteiger partial charge >= 0.3 is 0 Å². The van der Waals surface area contributed by atoms with Gasteiger partial charge in [0.05, 0.1) is 23.5 Å². The van der Waals surface area contributed by atoms with Crippen LogP contribution in [0.4, 0.5) is 5.69 Å². The Morgan fingerprint density at radius 2 is 1.89 bits per heavy atom. The normalized spacial score (nSPS) is 16.8. The number of aromatic amines is 1. The van der Waals surface area contributed by atoms with Gasteiger partial charge in [0, 0.05) is 5.69 Å². The van der Waals surface area contributed by atoms with E-state index in [1.54, 1.807) is 6.07 Å². The molecule has 0 saturated heterocycles. The molecule has 2 heterocycles. The molecule has 1 amide bonds. The predicted molar refractivity (Wildman–Crippen MR) is 106 cm³/mol. The number of carbonyl (C=O) groups is 1. The van der Waals surface area contributed by atoms with Gasteiger partial charge in [-0.2, -0.15) is 0 Å². The van der Waals surface area contributed by atoms with E-state index in [-0.39, 0.29) is 17.5 Å². The van der Waals surface area contributed by atoms with Gasteiger partial charge < -0.3 is 10.3 Å². The molecular weight excluding hydrogens is 340 g/mol. The van der Waals surface area contributed by atoms with Crippen LogP contribution >= 0.6 is 0 Å². The number of nitrogens with one attached hydrogen (secondary N) is 2. The van der Waals surface area contributed by atoms with E-state index in [1.165, 1.54) is 0 Å². The van der Waals surface area contributed by atoms with Gasteiger partial charge in [0.25, 0.3) is 5.56 Å². The highest BCUT2D eigenvalue weighted by atomic mass is 16.2. The fraction of sp³-hybridized carbons (Fsp3) is 0.286. The Hall–Kier alpha value is -2.99. The quantitative estimate of drug-likeness (QED) is 0.748. The van der Waals surface area contributed by atoms with Gasteiger partial charge in [0.2, 0.25) is 5.91 Å². The zero-order valence-corrected chi connectivity index (χ0v) is 15.2. The fourth-order valence-corrected chi connectivity index (χ4v) is 3.69. The Labute approximate surface area is 157 Å². The van der Waals surface area contributed by atoms with Gasteiger partial charge in [-0.1, -0.05) is 37.3 Å². The average Bonchev–Trinajstić information content (AvgIpc) is 2.84. The molecule has 4 rings (SSSR count). The van der Waals surface area contributed by atoms with Gasteiger partial charge in [0.1, 0.15) is 5.82 Å². The number of likely N-dealkylation sites (N-methyl/N-ethyl adjacent to an activating group) is 1. The monoisotopic (exact) mass is 362 g/mol. The lowest BCUT2D eigenvalue weighted by Crippen LogP contribution is -2.43. The van der Waals surface area contributed by atoms with Crippen LogP contribution in [0.1, 0.15) is 24.7 Å². The summed E-state index contributed by atoms with van der Waals surface area (Å²) in [6, 6.07) is 14.9. The van der Waals surface area contributed by atoms with Crippen molar-refractivity contribution in [1.82, 2.24) is 14.9 Å². The topological polar surface area (TPSA) is 78.1 Å². The third-order valence-electron chi connectivity index (χ3n) is 5.13. The molecule has 6 heteroatoms. The van der Waals surface area contributed by atoms with Crippen molar-refractivity contribution in [2.24, 2.45) is 0 Å². The largest absolute Gasteiger partial charge is 0.324 e. The standard InChI is InChI=1S/C21H22N4O2/c1-2-25(13-19-22-17-10-6-4-8-15(17)20(26)24-19)18-12-11-14-7-3-5-9-16(14)23-21(18)27/h3-10,18H,2,11-13H2,1H3,(H,23,27)(H,22,24,26). The number of H-pyrrole nitrogens is 1. The van der Waals surface area contributed by atoms with Crippen molar-refractivity contribution >= 4 is 22.5 Å². The van der Waals surface area contributed by atoms with Gasteiger partial charge in [-0.15, -0.1) is 0 Å². The highest BCUT2D eigenvalue weighted by Crippen LogP contribution is 2.24. The second-order valence-corrected chi connectivity index (χ2v) is 6.79. The maximum atomic E-state index is 12.8. The van der Waals surface area contributed by atoms with E-state index in [2.05, 4.69) is 26.3 Å². The summed E-state index contributed by atoms with van der Waals surface area (Å²) in [5.41, 5.74) is 2.56. The van der Waals surface area contributed by atoms with E-state index in [1.807, 2.05) is 43.3 Å². The first-order chi connectivity index (χ1) is 13.2. The molecule has 138 valence electrons. The first kappa shape index (κ1) is 17.4. The lowest BCUT2D eigenvalue weighted by molar-refractivity contribution is -0.121. The number of amides is 1. The summed E-state index contributed by atoms with van der Waals surface area (Å²) in [5, 5.41) is 3.62. The third-order valence-corrected chi connectivity index (χ3v) is 5.13. The SMILES string of the molecule is CCN(Cc1nc2ccccc2c(=O)[nH]1)C1CCc2ccccc2NC1=O. The van der Waals surface area contributed by atoms with Crippen LogP contribution in [0.3, 0.4) is 0 Å². The zero-order valence-electron chi connectivity index (χ0n) is 15.2. The number of hydrogen-bond donors (Lipinski definition) is 2. The smallest absolute Gasteiger partial charge is 0.258 e. The van der Waals surface area contributed by atoms with Gasteiger partial charge in [-0.05, 0) is 43.1 Å². The molecule has 27 heavy (non-hydrogen) atoms. The van der Waals surface area contributed by atoms with Crippen LogP contribution in [0.15, 0.2) is 53.3 Å². The molecule has 0 aliphatic carbocycles. The molecule has 2 N–H and O–H groups in total. The van der Waals surface area contributed by atoms with Crippen LogP contribution in [0, 0.1) is 0 Å². The second-order valence-electron chi connectivity index (χ2n) is 6.79. The van der Waals surface area contributed by atoms with E-state index in [0.29, 0.717) is 29.8 Å². The number of para-hydroxylation sites is 2. The molecule has 1 aliphatic rings. The molecular formula is C21H22N4O2. The lowest BCUT2D eigenvalue weighted by Gasteiger charge is -2.28. The first-order valence-corrected chi connectivity index (χ1v) is 9.26. The van der Waals surface area contributed by atoms with E-state index in [0.717, 1.165) is 24.1 Å². The molecule has 6 nitrogen and oxygen atoms in total. The minimum atomic E-state index is -0.265. The van der Waals surface area contributed by atoms with Crippen molar-refractivity contribution < 1.29 is 4.79 Å². The first-order valence-electron chi connectivity index (χ1n) is 9.26. The van der Waals surface area contributed by atoms with Crippen molar-refractivity contribution in [3.8, 4) is 0 Å². The summed E-state index contributed by atoms with van der Waals surface area (Å²) in [4.78, 5) is 34.6. The van der Waals surface area contributed by atoms with Crippen molar-refractivity contribution in [2.75, 3.05) is 11.9 Å². The van der Waals surface area contributed by atoms with Crippen LogP contribution in [0.5, 0.6) is 0 Å². The fourth-order valence-electron chi connectivity index (χ4n) is 3.69. The van der Waals surface area contributed by atoms with Crippen molar-refractivity contribution in [2.45, 2.75) is 32.4 Å². The van der Waals surface area contributed by atoms with Crippen LogP contribution < -0.4 is 10.9 Å². The number of anilines is 1. The van der Waals surface area contributed by atoms with Crippen molar-refractivity contribution in [3.63, 3.8) is 0 Å². The predicted octanol–water partition coefficient (Wildman–Crippen LogP) is 2.70. The summed E-state index contributed by atoms with van der Waals surface area (Å²) < 4.78 is 0. The number of rotatable bonds is 4. The Balaban J connectivity index is 1.59. The number of aryl methyl sites for hydroxylation is 1. The average molecular weight is 362 g/mol. The summed E-state index contributed by atoms with van der Waals surface area (Å²) in [6.07, 6.45) is 1.56. The van der Waals surface area contributed by atoms with Gasteiger partial charge in [0.15, 0.2) is 0 Å². The number of fused-ring (bicyclic) bond motifs is 2. The molecule has 1 aromatic heterocycles. The number of hydrogen-bond acceptors (Lipinski definition) is 4. The number of aromatic nitrogens is 2. The molecule has 0 fully saturated rings. The van der Waals surface area contributed by atoms with Crippen LogP contribution in [0.25, 0.3) is 10.9 Å². The van der Waals surface area contributed by atoms with Crippen molar-refractivity contribution in [3.05, 3.63) is 70.3 Å². The molecule has 2 aromatic carbocycles. The third kappa shape index (κ3) is 3.48. The molecule has 1 unspecified atom stereocenters. The highest BCUT2D eigenvalue weighted by Gasteiger charge is 2.28. The minimum Gasteiger partial charge on any atom is -0.324 e. The summed E-state index contributed by atoms with van der Waals surface area (Å²) in [6.45, 7) is 3.13. The molecule has 1 atom stereocenters. The molecule has 0 bridgehead atoms. The summed E-state index contributed by atoms with van der Waals surface area (Å²) in [7, 11) is 0. The summed E-state index contributed by atoms with van der Waals surface area (Å²) >= 11 is 0. The number of nitrogens with zero attached hydrogens (tertiary/aromatic N) is 2. The van der Waals surface area contributed by atoms with Gasteiger partial charge in [-0.25, -0.2) is 4.98 Å². The van der Waals surface area contributed by atoms with E-state index in [4.69, 9.17) is 0 Å². The Morgan fingerprint density at radius 1 is 1.11 bits per heavy atom. The second kappa shape index (κ2) is 7.32. The molecule has 0 spiro atoms. The maximum absolute atomic E-state index is 12.8. The van der Waals surface area contributed by atoms with E-state index < -0.39 is 0 Å². The van der Waals surface area contributed by atoms with Crippen molar-refractivity contribution in [1.29, 1.82) is 0 Å². The van der Waals surface area contributed by atoms with Gasteiger partial charge in [-0.3, -0.25) is 14.5 Å². The van der Waals surface area contributed by atoms with E-state index in [9.17, 15) is 9.59 Å². The number of benzene rings is 2. The molecule has 1 aliphatic heterocycles. The molecule has 0 radical (unpaired) electrons. The lowest BCUT2D eigenvalue weighted by atomic mass is 10.0. The van der Waals surface area contributed by atoms with Crippen LogP contribution in [-0.2, 0) is 17.8 Å². The molecule has 3 aromatic rings. The van der Waals surface area contributed by atoms with Crippen LogP contribution in [0.2, 0.25) is 0 Å². The zero-order chi connectivity index (χ0) is 18.8. The minimum absolute atomic E-state index is 0.00932. The van der Waals surface area contributed by atoms with Crippen LogP contribution in [-0.4, -0.2) is 33.4 Å². The highest BCUT2D eigenvalue weighted by molar-refractivity contribution is 5.96. The summed E-state index contributed by atoms with van der Waals surface area (Å²) in [5.74, 6) is 0.569. The maximum Gasteiger partial charge on any atom is 0.258 e. The Kier molecular flexibility index (Phi) is 4.73. The molecule has 0 saturated carbocycles. The van der Waals surface area contributed by atoms with E-state index >= 15 is 0 Å².